The van der Waals surface area contributed by atoms with Crippen LogP contribution in [0.5, 0.6) is 11.5 Å². The lowest BCUT2D eigenvalue weighted by Crippen LogP contribution is -2.24. The van der Waals surface area contributed by atoms with Gasteiger partial charge in [-0.05, 0) is 35.9 Å². The number of hydrogen-bond donors (Lipinski definition) is 1. The van der Waals surface area contributed by atoms with E-state index in [2.05, 4.69) is 11.9 Å². The Bertz CT molecular complexity index is 758. The molecule has 0 aliphatic carbocycles. The molecule has 1 N–H and O–H groups in total. The molecule has 23 heavy (non-hydrogen) atoms. The lowest BCUT2D eigenvalue weighted by Gasteiger charge is -2.06. The van der Waals surface area contributed by atoms with E-state index < -0.39 is 5.91 Å². The topological polar surface area (TPSA) is 62.1 Å². The maximum Gasteiger partial charge on any atom is 0.262 e. The molecule has 2 rings (SSSR count). The number of nitrogens with zero attached hydrogens (tertiary/aromatic N) is 1. The molecule has 0 saturated heterocycles. The Morgan fingerprint density at radius 1 is 1.17 bits per heavy atom. The predicted octanol–water partition coefficient (Wildman–Crippen LogP) is 3.69. The fourth-order valence-corrected chi connectivity index (χ4v) is 1.87. The number of ether oxygens (including phenoxy) is 1. The first-order valence-electron chi connectivity index (χ1n) is 7.07. The number of nitrogens with one attached hydrogen (secondary N) is 1. The quantitative estimate of drug-likeness (QED) is 0.503. The Labute approximate surface area is 135 Å². The molecule has 0 atom stereocenters. The van der Waals surface area contributed by atoms with Crippen molar-refractivity contribution < 1.29 is 9.53 Å². The normalized spacial score (nSPS) is 10.5. The first kappa shape index (κ1) is 16.1. The summed E-state index contributed by atoms with van der Waals surface area (Å²) in [6.07, 6.45) is 3.08. The third kappa shape index (κ3) is 4.87. The highest BCUT2D eigenvalue weighted by Crippen LogP contribution is 2.22. The van der Waals surface area contributed by atoms with E-state index in [4.69, 9.17) is 10.00 Å². The van der Waals surface area contributed by atoms with Crippen molar-refractivity contribution >= 4 is 12.0 Å². The molecule has 0 spiro atoms. The zero-order chi connectivity index (χ0) is 16.5. The van der Waals surface area contributed by atoms with Gasteiger partial charge in [0.1, 0.15) is 23.1 Å². The van der Waals surface area contributed by atoms with Gasteiger partial charge < -0.3 is 10.1 Å². The van der Waals surface area contributed by atoms with Gasteiger partial charge in [0.2, 0.25) is 0 Å². The number of hydrogen-bond acceptors (Lipinski definition) is 3. The highest BCUT2D eigenvalue weighted by atomic mass is 16.5. The summed E-state index contributed by atoms with van der Waals surface area (Å²) in [6.45, 7) is 3.83. The molecule has 2 aromatic rings. The molecule has 0 fully saturated rings. The van der Waals surface area contributed by atoms with Crippen molar-refractivity contribution in [3.8, 4) is 17.6 Å². The Balaban J connectivity index is 2.18. The number of para-hydroxylation sites is 1. The van der Waals surface area contributed by atoms with Crippen LogP contribution in [0.1, 0.15) is 5.56 Å². The SMILES string of the molecule is C=CCNC(=O)C(C#N)=Cc1cccc(Oc2ccccc2)c1. The lowest BCUT2D eigenvalue weighted by atomic mass is 10.1. The Morgan fingerprint density at radius 2 is 1.91 bits per heavy atom. The van der Waals surface area contributed by atoms with E-state index in [-0.39, 0.29) is 5.57 Å². The molecule has 1 amide bonds. The lowest BCUT2D eigenvalue weighted by molar-refractivity contribution is -0.116. The largest absolute Gasteiger partial charge is 0.457 e. The van der Waals surface area contributed by atoms with Gasteiger partial charge in [0.15, 0.2) is 0 Å². The van der Waals surface area contributed by atoms with Gasteiger partial charge in [0.25, 0.3) is 5.91 Å². The molecule has 114 valence electrons. The third-order valence-electron chi connectivity index (χ3n) is 2.92. The minimum Gasteiger partial charge on any atom is -0.457 e. The summed E-state index contributed by atoms with van der Waals surface area (Å²) in [7, 11) is 0. The second kappa shape index (κ2) is 8.20. The molecule has 0 unspecified atom stereocenters. The van der Waals surface area contributed by atoms with Crippen molar-refractivity contribution in [3.05, 3.63) is 78.4 Å². The summed E-state index contributed by atoms with van der Waals surface area (Å²) >= 11 is 0. The van der Waals surface area contributed by atoms with Crippen LogP contribution in [0.25, 0.3) is 6.08 Å². The number of carbonyl (C=O) groups is 1. The summed E-state index contributed by atoms with van der Waals surface area (Å²) < 4.78 is 5.73. The second-order valence-electron chi connectivity index (χ2n) is 4.66. The average Bonchev–Trinajstić information content (AvgIpc) is 2.59. The van der Waals surface area contributed by atoms with E-state index in [1.807, 2.05) is 42.5 Å². The molecular formula is C19H16N2O2. The van der Waals surface area contributed by atoms with E-state index >= 15 is 0 Å². The first-order chi connectivity index (χ1) is 11.2. The van der Waals surface area contributed by atoms with E-state index in [0.29, 0.717) is 17.9 Å². The van der Waals surface area contributed by atoms with E-state index in [1.165, 1.54) is 6.08 Å². The highest BCUT2D eigenvalue weighted by molar-refractivity contribution is 6.01. The Kier molecular flexibility index (Phi) is 5.73. The number of nitriles is 1. The molecule has 0 aliphatic heterocycles. The summed E-state index contributed by atoms with van der Waals surface area (Å²) in [5.41, 5.74) is 0.743. The van der Waals surface area contributed by atoms with Crippen LogP contribution >= 0.6 is 0 Å². The molecule has 4 heteroatoms. The maximum absolute atomic E-state index is 11.8. The molecule has 0 radical (unpaired) electrons. The summed E-state index contributed by atoms with van der Waals surface area (Å²) in [6, 6.07) is 18.5. The average molecular weight is 304 g/mol. The van der Waals surface area contributed by atoms with Gasteiger partial charge >= 0.3 is 0 Å². The zero-order valence-electron chi connectivity index (χ0n) is 12.5. The minimum absolute atomic E-state index is 0.0312. The van der Waals surface area contributed by atoms with Gasteiger partial charge in [-0.3, -0.25) is 4.79 Å². The van der Waals surface area contributed by atoms with Crippen LogP contribution in [-0.4, -0.2) is 12.5 Å². The Morgan fingerprint density at radius 3 is 2.61 bits per heavy atom. The number of benzene rings is 2. The van der Waals surface area contributed by atoms with Gasteiger partial charge in [0.05, 0.1) is 0 Å². The molecule has 4 nitrogen and oxygen atoms in total. The van der Waals surface area contributed by atoms with Crippen molar-refractivity contribution in [2.24, 2.45) is 0 Å². The van der Waals surface area contributed by atoms with E-state index in [0.717, 1.165) is 5.75 Å². The first-order valence-corrected chi connectivity index (χ1v) is 7.07. The van der Waals surface area contributed by atoms with Crippen molar-refractivity contribution in [3.63, 3.8) is 0 Å². The predicted molar refractivity (Wildman–Crippen MR) is 89.8 cm³/mol. The van der Waals surface area contributed by atoms with Crippen LogP contribution < -0.4 is 10.1 Å². The smallest absolute Gasteiger partial charge is 0.262 e. The summed E-state index contributed by atoms with van der Waals surface area (Å²) in [5, 5.41) is 11.7. The fourth-order valence-electron chi connectivity index (χ4n) is 1.87. The van der Waals surface area contributed by atoms with E-state index in [9.17, 15) is 4.79 Å². The molecule has 0 saturated carbocycles. The molecule has 0 heterocycles. The molecule has 0 aromatic heterocycles. The van der Waals surface area contributed by atoms with Crippen LogP contribution in [0.3, 0.4) is 0 Å². The Hall–Kier alpha value is -3.32. The van der Waals surface area contributed by atoms with Crippen LogP contribution in [0, 0.1) is 11.3 Å². The zero-order valence-corrected chi connectivity index (χ0v) is 12.5. The second-order valence-corrected chi connectivity index (χ2v) is 4.66. The number of rotatable bonds is 6. The maximum atomic E-state index is 11.8. The number of amides is 1. The van der Waals surface area contributed by atoms with Crippen LogP contribution in [-0.2, 0) is 4.79 Å². The van der Waals surface area contributed by atoms with Crippen molar-refractivity contribution in [1.82, 2.24) is 5.32 Å². The summed E-state index contributed by atoms with van der Waals surface area (Å²) in [5.74, 6) is 0.924. The van der Waals surface area contributed by atoms with E-state index in [1.54, 1.807) is 24.3 Å². The molecular weight excluding hydrogens is 288 g/mol. The van der Waals surface area contributed by atoms with Gasteiger partial charge in [-0.15, -0.1) is 6.58 Å². The highest BCUT2D eigenvalue weighted by Gasteiger charge is 2.08. The summed E-state index contributed by atoms with van der Waals surface area (Å²) in [4.78, 5) is 11.8. The van der Waals surface area contributed by atoms with Crippen LogP contribution in [0.15, 0.2) is 72.8 Å². The molecule has 0 aliphatic rings. The van der Waals surface area contributed by atoms with Crippen molar-refractivity contribution in [1.29, 1.82) is 5.26 Å². The molecule has 2 aromatic carbocycles. The molecule has 0 bridgehead atoms. The third-order valence-corrected chi connectivity index (χ3v) is 2.92. The van der Waals surface area contributed by atoms with Crippen LogP contribution in [0.2, 0.25) is 0 Å². The van der Waals surface area contributed by atoms with Gasteiger partial charge in [0, 0.05) is 6.54 Å². The van der Waals surface area contributed by atoms with Crippen molar-refractivity contribution in [2.75, 3.05) is 6.54 Å². The standard InChI is InChI=1S/C19H16N2O2/c1-2-11-21-19(22)16(14-20)12-15-7-6-10-18(13-15)23-17-8-4-3-5-9-17/h2-10,12-13H,1,11H2,(H,21,22). The van der Waals surface area contributed by atoms with Gasteiger partial charge in [-0.2, -0.15) is 5.26 Å². The van der Waals surface area contributed by atoms with Crippen molar-refractivity contribution in [2.45, 2.75) is 0 Å². The fraction of sp³-hybridized carbons (Fsp3) is 0.0526. The van der Waals surface area contributed by atoms with Gasteiger partial charge in [-0.1, -0.05) is 36.4 Å². The minimum atomic E-state index is -0.429. The van der Waals surface area contributed by atoms with Gasteiger partial charge in [-0.25, -0.2) is 0 Å². The van der Waals surface area contributed by atoms with Crippen LogP contribution in [0.4, 0.5) is 0 Å². The number of carbonyl (C=O) groups excluding carboxylic acids is 1. The monoisotopic (exact) mass is 304 g/mol.